The van der Waals surface area contributed by atoms with Gasteiger partial charge in [-0.05, 0) is 49.3 Å². The lowest BCUT2D eigenvalue weighted by Crippen LogP contribution is -2.31. The molecule has 1 aliphatic carbocycles. The molecule has 0 radical (unpaired) electrons. The Morgan fingerprint density at radius 2 is 1.79 bits per heavy atom. The molecule has 0 heterocycles. The molecule has 1 N–H and O–H groups in total. The number of rotatable bonds is 6. The second kappa shape index (κ2) is 7.57. The van der Waals surface area contributed by atoms with Gasteiger partial charge in [-0.1, -0.05) is 51.7 Å². The van der Waals surface area contributed by atoms with Gasteiger partial charge < -0.3 is 5.32 Å². The van der Waals surface area contributed by atoms with E-state index in [1.54, 1.807) is 0 Å². The number of aryl methyl sites for hydroxylation is 1. The van der Waals surface area contributed by atoms with E-state index in [0.29, 0.717) is 6.04 Å². The first kappa shape index (κ1) is 14.4. The lowest BCUT2D eigenvalue weighted by Gasteiger charge is -2.32. The SMILES string of the molecule is CCCCc1ccc(NC2CCCCC2CC)cc1. The summed E-state index contributed by atoms with van der Waals surface area (Å²) >= 11 is 0. The molecule has 2 unspecified atom stereocenters. The fourth-order valence-corrected chi connectivity index (χ4v) is 3.25. The van der Waals surface area contributed by atoms with Crippen LogP contribution < -0.4 is 5.32 Å². The van der Waals surface area contributed by atoms with Crippen LogP contribution in [0.3, 0.4) is 0 Å². The maximum absolute atomic E-state index is 3.77. The highest BCUT2D eigenvalue weighted by Gasteiger charge is 2.23. The Balaban J connectivity index is 1.90. The van der Waals surface area contributed by atoms with Crippen molar-refractivity contribution in [1.29, 1.82) is 0 Å². The summed E-state index contributed by atoms with van der Waals surface area (Å²) in [5.41, 5.74) is 2.79. The second-order valence-electron chi connectivity index (χ2n) is 6.00. The Morgan fingerprint density at radius 3 is 2.47 bits per heavy atom. The van der Waals surface area contributed by atoms with E-state index >= 15 is 0 Å². The first-order chi connectivity index (χ1) is 9.33. The Kier molecular flexibility index (Phi) is 5.75. The maximum atomic E-state index is 3.77. The highest BCUT2D eigenvalue weighted by molar-refractivity contribution is 5.45. The Morgan fingerprint density at radius 1 is 1.05 bits per heavy atom. The predicted octanol–water partition coefficient (Wildman–Crippen LogP) is 5.41. The highest BCUT2D eigenvalue weighted by Crippen LogP contribution is 2.29. The van der Waals surface area contributed by atoms with Crippen LogP contribution in [0.5, 0.6) is 0 Å². The fraction of sp³-hybridized carbons (Fsp3) is 0.667. The van der Waals surface area contributed by atoms with Crippen LogP contribution in [-0.2, 0) is 6.42 Å². The third-order valence-electron chi connectivity index (χ3n) is 4.56. The van der Waals surface area contributed by atoms with E-state index < -0.39 is 0 Å². The van der Waals surface area contributed by atoms with Crippen LogP contribution in [0.2, 0.25) is 0 Å². The zero-order valence-corrected chi connectivity index (χ0v) is 12.6. The molecule has 2 atom stereocenters. The molecule has 1 aromatic carbocycles. The van der Waals surface area contributed by atoms with Crippen molar-refractivity contribution in [3.05, 3.63) is 29.8 Å². The van der Waals surface area contributed by atoms with Crippen LogP contribution >= 0.6 is 0 Å². The third kappa shape index (κ3) is 4.26. The molecule has 1 aliphatic rings. The van der Waals surface area contributed by atoms with Gasteiger partial charge in [-0.25, -0.2) is 0 Å². The molecule has 1 heteroatoms. The van der Waals surface area contributed by atoms with Crippen molar-refractivity contribution in [1.82, 2.24) is 0 Å². The molecule has 0 bridgehead atoms. The van der Waals surface area contributed by atoms with E-state index in [0.717, 1.165) is 5.92 Å². The topological polar surface area (TPSA) is 12.0 Å². The molecule has 1 nitrogen and oxygen atoms in total. The summed E-state index contributed by atoms with van der Waals surface area (Å²) in [5.74, 6) is 0.869. The van der Waals surface area contributed by atoms with Gasteiger partial charge in [0.2, 0.25) is 0 Å². The standard InChI is InChI=1S/C18H29N/c1-3-5-8-15-11-13-17(14-12-15)19-18-10-7-6-9-16(18)4-2/h11-14,16,18-19H,3-10H2,1-2H3. The molecule has 1 saturated carbocycles. The molecular formula is C18H29N. The van der Waals surface area contributed by atoms with Gasteiger partial charge in [0.15, 0.2) is 0 Å². The van der Waals surface area contributed by atoms with Crippen molar-refractivity contribution in [3.8, 4) is 0 Å². The Hall–Kier alpha value is -0.980. The van der Waals surface area contributed by atoms with Crippen LogP contribution in [0.1, 0.15) is 64.4 Å². The normalized spacial score (nSPS) is 23.3. The first-order valence-electron chi connectivity index (χ1n) is 8.19. The first-order valence-corrected chi connectivity index (χ1v) is 8.19. The smallest absolute Gasteiger partial charge is 0.0342 e. The minimum absolute atomic E-state index is 0.695. The molecule has 0 saturated heterocycles. The minimum atomic E-state index is 0.695. The molecule has 106 valence electrons. The van der Waals surface area contributed by atoms with Crippen molar-refractivity contribution in [2.45, 2.75) is 71.3 Å². The summed E-state index contributed by atoms with van der Waals surface area (Å²) in [4.78, 5) is 0. The van der Waals surface area contributed by atoms with Crippen LogP contribution in [0, 0.1) is 5.92 Å². The predicted molar refractivity (Wildman–Crippen MR) is 84.7 cm³/mol. The summed E-state index contributed by atoms with van der Waals surface area (Å²) in [6, 6.07) is 9.82. The zero-order valence-electron chi connectivity index (χ0n) is 12.6. The van der Waals surface area contributed by atoms with E-state index in [1.165, 1.54) is 62.6 Å². The van der Waals surface area contributed by atoms with Gasteiger partial charge in [0, 0.05) is 11.7 Å². The average Bonchev–Trinajstić information content (AvgIpc) is 2.47. The monoisotopic (exact) mass is 259 g/mol. The van der Waals surface area contributed by atoms with Crippen molar-refractivity contribution >= 4 is 5.69 Å². The van der Waals surface area contributed by atoms with E-state index in [9.17, 15) is 0 Å². The van der Waals surface area contributed by atoms with E-state index in [1.807, 2.05) is 0 Å². The summed E-state index contributed by atoms with van der Waals surface area (Å²) in [6.45, 7) is 4.59. The molecule has 19 heavy (non-hydrogen) atoms. The van der Waals surface area contributed by atoms with Gasteiger partial charge in [-0.15, -0.1) is 0 Å². The lowest BCUT2D eigenvalue weighted by molar-refractivity contribution is 0.317. The summed E-state index contributed by atoms with van der Waals surface area (Å²) < 4.78 is 0. The number of hydrogen-bond donors (Lipinski definition) is 1. The van der Waals surface area contributed by atoms with Crippen molar-refractivity contribution in [2.24, 2.45) is 5.92 Å². The molecule has 1 aromatic rings. The minimum Gasteiger partial charge on any atom is -0.382 e. The molecule has 0 aromatic heterocycles. The molecule has 0 aliphatic heterocycles. The fourth-order valence-electron chi connectivity index (χ4n) is 3.25. The average molecular weight is 259 g/mol. The van der Waals surface area contributed by atoms with Gasteiger partial charge in [0.1, 0.15) is 0 Å². The van der Waals surface area contributed by atoms with Crippen molar-refractivity contribution in [3.63, 3.8) is 0 Å². The number of hydrogen-bond acceptors (Lipinski definition) is 1. The van der Waals surface area contributed by atoms with Crippen LogP contribution in [-0.4, -0.2) is 6.04 Å². The van der Waals surface area contributed by atoms with Crippen molar-refractivity contribution < 1.29 is 0 Å². The largest absolute Gasteiger partial charge is 0.382 e. The Labute approximate surface area is 118 Å². The zero-order chi connectivity index (χ0) is 13.5. The van der Waals surface area contributed by atoms with Crippen LogP contribution in [0.15, 0.2) is 24.3 Å². The number of benzene rings is 1. The Bertz CT molecular complexity index is 354. The lowest BCUT2D eigenvalue weighted by atomic mass is 9.83. The van der Waals surface area contributed by atoms with Gasteiger partial charge in [0.05, 0.1) is 0 Å². The van der Waals surface area contributed by atoms with Crippen molar-refractivity contribution in [2.75, 3.05) is 5.32 Å². The quantitative estimate of drug-likeness (QED) is 0.720. The van der Waals surface area contributed by atoms with E-state index in [4.69, 9.17) is 0 Å². The van der Waals surface area contributed by atoms with Gasteiger partial charge in [0.25, 0.3) is 0 Å². The molecule has 0 spiro atoms. The number of nitrogens with one attached hydrogen (secondary N) is 1. The van der Waals surface area contributed by atoms with E-state index in [-0.39, 0.29) is 0 Å². The maximum Gasteiger partial charge on any atom is 0.0342 e. The second-order valence-corrected chi connectivity index (χ2v) is 6.00. The number of anilines is 1. The number of unbranched alkanes of at least 4 members (excludes halogenated alkanes) is 1. The summed E-state index contributed by atoms with van der Waals surface area (Å²) in [5, 5.41) is 3.77. The van der Waals surface area contributed by atoms with Gasteiger partial charge in [-0.2, -0.15) is 0 Å². The molecule has 2 rings (SSSR count). The van der Waals surface area contributed by atoms with Crippen LogP contribution in [0.25, 0.3) is 0 Å². The van der Waals surface area contributed by atoms with Gasteiger partial charge >= 0.3 is 0 Å². The summed E-state index contributed by atoms with van der Waals surface area (Å²) in [7, 11) is 0. The van der Waals surface area contributed by atoms with E-state index in [2.05, 4.69) is 43.4 Å². The molecular weight excluding hydrogens is 230 g/mol. The van der Waals surface area contributed by atoms with Crippen LogP contribution in [0.4, 0.5) is 5.69 Å². The third-order valence-corrected chi connectivity index (χ3v) is 4.56. The van der Waals surface area contributed by atoms with Gasteiger partial charge in [-0.3, -0.25) is 0 Å². The molecule has 1 fully saturated rings. The highest BCUT2D eigenvalue weighted by atomic mass is 14.9. The summed E-state index contributed by atoms with van der Waals surface area (Å²) in [6.07, 6.45) is 10.7. The molecule has 0 amide bonds.